The van der Waals surface area contributed by atoms with Gasteiger partial charge in [0.05, 0.1) is 13.7 Å². The molecule has 1 saturated heterocycles. The van der Waals surface area contributed by atoms with E-state index in [0.29, 0.717) is 42.9 Å². The molecule has 2 unspecified atom stereocenters. The number of fused-ring (bicyclic) bond motifs is 1. The summed E-state index contributed by atoms with van der Waals surface area (Å²) < 4.78 is 6.80. The van der Waals surface area contributed by atoms with Crippen molar-refractivity contribution in [1.82, 2.24) is 30.3 Å². The molecule has 3 aliphatic rings. The van der Waals surface area contributed by atoms with Crippen LogP contribution in [0.2, 0.25) is 0 Å². The number of imide groups is 1. The number of benzene rings is 1. The SMILES string of the molecule is COc1ccc2c(c1)C(=O)N(CC1(CCC3=CC=C(n4c(C)n[nH]c4=O)C(C)C3)NC(=O)NC1=O)C2. The predicted molar refractivity (Wildman–Crippen MR) is 130 cm³/mol. The fourth-order valence-electron chi connectivity index (χ4n) is 5.28. The third-order valence-electron chi connectivity index (χ3n) is 7.21. The quantitative estimate of drug-likeness (QED) is 0.503. The molecule has 1 aliphatic carbocycles. The Bertz CT molecular complexity index is 1390. The fraction of sp³-hybridized carbons (Fsp3) is 0.400. The van der Waals surface area contributed by atoms with Gasteiger partial charge in [0.25, 0.3) is 11.8 Å². The van der Waals surface area contributed by atoms with Gasteiger partial charge >= 0.3 is 11.7 Å². The zero-order valence-electron chi connectivity index (χ0n) is 20.4. The minimum Gasteiger partial charge on any atom is -0.497 e. The lowest BCUT2D eigenvalue weighted by Crippen LogP contribution is -2.55. The molecule has 36 heavy (non-hydrogen) atoms. The van der Waals surface area contributed by atoms with Crippen molar-refractivity contribution in [3.05, 3.63) is 63.4 Å². The summed E-state index contributed by atoms with van der Waals surface area (Å²) in [4.78, 5) is 51.9. The summed E-state index contributed by atoms with van der Waals surface area (Å²) in [6.45, 7) is 4.22. The van der Waals surface area contributed by atoms with Gasteiger partial charge in [-0.25, -0.2) is 14.7 Å². The molecule has 0 bridgehead atoms. The Balaban J connectivity index is 1.35. The first kappa shape index (κ1) is 23.6. The highest BCUT2D eigenvalue weighted by molar-refractivity contribution is 6.08. The molecule has 1 fully saturated rings. The number of carbonyl (C=O) groups excluding carboxylic acids is 3. The molecular formula is C25H28N6O5. The summed E-state index contributed by atoms with van der Waals surface area (Å²) in [5, 5.41) is 11.6. The number of carbonyl (C=O) groups is 3. The monoisotopic (exact) mass is 492 g/mol. The van der Waals surface area contributed by atoms with E-state index < -0.39 is 17.5 Å². The van der Waals surface area contributed by atoms with Gasteiger partial charge in [0, 0.05) is 23.7 Å². The molecule has 0 saturated carbocycles. The Hall–Kier alpha value is -4.15. The average molecular weight is 493 g/mol. The third kappa shape index (κ3) is 4.00. The van der Waals surface area contributed by atoms with Crippen LogP contribution in [-0.2, 0) is 11.3 Å². The van der Waals surface area contributed by atoms with Crippen molar-refractivity contribution >= 4 is 23.5 Å². The summed E-state index contributed by atoms with van der Waals surface area (Å²) in [5.41, 5.74) is 1.83. The van der Waals surface area contributed by atoms with Crippen LogP contribution in [0.5, 0.6) is 5.75 Å². The number of aromatic nitrogens is 3. The summed E-state index contributed by atoms with van der Waals surface area (Å²) in [6, 6.07) is 4.78. The van der Waals surface area contributed by atoms with Crippen molar-refractivity contribution in [2.75, 3.05) is 13.7 Å². The average Bonchev–Trinajstić information content (AvgIpc) is 3.45. The predicted octanol–water partition coefficient (Wildman–Crippen LogP) is 1.71. The Morgan fingerprint density at radius 3 is 2.64 bits per heavy atom. The summed E-state index contributed by atoms with van der Waals surface area (Å²) in [5.74, 6) is 0.607. The number of aromatic amines is 1. The molecule has 1 aromatic heterocycles. The number of amides is 4. The van der Waals surface area contributed by atoms with Crippen LogP contribution >= 0.6 is 0 Å². The number of nitrogens with zero attached hydrogens (tertiary/aromatic N) is 3. The van der Waals surface area contributed by atoms with Crippen LogP contribution in [0.4, 0.5) is 4.79 Å². The van der Waals surface area contributed by atoms with Crippen molar-refractivity contribution in [2.45, 2.75) is 45.2 Å². The fourth-order valence-corrected chi connectivity index (χ4v) is 5.28. The van der Waals surface area contributed by atoms with Crippen LogP contribution in [0.3, 0.4) is 0 Å². The maximum absolute atomic E-state index is 13.1. The number of urea groups is 1. The zero-order valence-corrected chi connectivity index (χ0v) is 20.4. The molecule has 11 nitrogen and oxygen atoms in total. The van der Waals surface area contributed by atoms with Crippen LogP contribution in [0.25, 0.3) is 5.70 Å². The number of rotatable bonds is 7. The van der Waals surface area contributed by atoms with Crippen molar-refractivity contribution in [3.63, 3.8) is 0 Å². The van der Waals surface area contributed by atoms with Crippen molar-refractivity contribution in [3.8, 4) is 5.75 Å². The first-order valence-corrected chi connectivity index (χ1v) is 11.8. The van der Waals surface area contributed by atoms with Crippen LogP contribution < -0.4 is 21.1 Å². The minimum absolute atomic E-state index is 0.0617. The summed E-state index contributed by atoms with van der Waals surface area (Å²) in [7, 11) is 1.54. The molecule has 4 amide bonds. The largest absolute Gasteiger partial charge is 0.497 e. The molecule has 0 spiro atoms. The van der Waals surface area contributed by atoms with Gasteiger partial charge < -0.3 is 15.0 Å². The van der Waals surface area contributed by atoms with Gasteiger partial charge in [0.15, 0.2) is 0 Å². The van der Waals surface area contributed by atoms with E-state index >= 15 is 0 Å². The second-order valence-corrected chi connectivity index (χ2v) is 9.61. The van der Waals surface area contributed by atoms with E-state index in [2.05, 4.69) is 20.8 Å². The molecule has 3 N–H and O–H groups in total. The molecule has 0 radical (unpaired) electrons. The van der Waals surface area contributed by atoms with Crippen LogP contribution in [-0.4, -0.2) is 56.7 Å². The molecule has 188 valence electrons. The van der Waals surface area contributed by atoms with Gasteiger partial charge in [-0.3, -0.25) is 19.5 Å². The first-order valence-electron chi connectivity index (χ1n) is 11.8. The number of methoxy groups -OCH3 is 1. The number of nitrogens with one attached hydrogen (secondary N) is 3. The number of hydrogen-bond acceptors (Lipinski definition) is 6. The molecule has 3 heterocycles. The van der Waals surface area contributed by atoms with E-state index in [1.165, 1.54) is 0 Å². The molecule has 5 rings (SSSR count). The summed E-state index contributed by atoms with van der Waals surface area (Å²) in [6.07, 6.45) is 5.44. The lowest BCUT2D eigenvalue weighted by atomic mass is 9.85. The number of hydrogen-bond donors (Lipinski definition) is 3. The van der Waals surface area contributed by atoms with Gasteiger partial charge in [0.2, 0.25) is 0 Å². The maximum atomic E-state index is 13.1. The normalized spacial score (nSPS) is 23.2. The highest BCUT2D eigenvalue weighted by Crippen LogP contribution is 2.34. The molecule has 11 heteroatoms. The van der Waals surface area contributed by atoms with E-state index in [9.17, 15) is 19.2 Å². The third-order valence-corrected chi connectivity index (χ3v) is 7.21. The number of H-pyrrole nitrogens is 1. The standard InChI is InChI=1S/C25H28N6O5/c1-14-10-16(4-7-20(14)31-15(2)28-29-24(31)35)8-9-25(22(33)26-23(34)27-25)13-30-12-17-5-6-18(36-3)11-19(17)21(30)32/h4-7,11,14H,8-10,12-13H2,1-3H3,(H,29,35)(H2,26,27,33,34). The van der Waals surface area contributed by atoms with E-state index in [1.807, 2.05) is 25.1 Å². The second-order valence-electron chi connectivity index (χ2n) is 9.61. The van der Waals surface area contributed by atoms with Crippen molar-refractivity contribution in [2.24, 2.45) is 5.92 Å². The summed E-state index contributed by atoms with van der Waals surface area (Å²) >= 11 is 0. The lowest BCUT2D eigenvalue weighted by molar-refractivity contribution is -0.124. The van der Waals surface area contributed by atoms with Crippen LogP contribution in [0.1, 0.15) is 47.9 Å². The Kier molecular flexibility index (Phi) is 5.77. The van der Waals surface area contributed by atoms with E-state index in [4.69, 9.17) is 4.74 Å². The molecule has 2 aliphatic heterocycles. The van der Waals surface area contributed by atoms with Gasteiger partial charge in [0.1, 0.15) is 17.1 Å². The molecule has 2 atom stereocenters. The van der Waals surface area contributed by atoms with Crippen molar-refractivity contribution in [1.29, 1.82) is 0 Å². The Morgan fingerprint density at radius 2 is 2.00 bits per heavy atom. The van der Waals surface area contributed by atoms with E-state index in [1.54, 1.807) is 35.6 Å². The van der Waals surface area contributed by atoms with Crippen molar-refractivity contribution < 1.29 is 19.1 Å². The molecule has 2 aromatic rings. The van der Waals surface area contributed by atoms with E-state index in [0.717, 1.165) is 16.8 Å². The molecule has 1 aromatic carbocycles. The van der Waals surface area contributed by atoms with Gasteiger partial charge in [-0.05, 0) is 50.0 Å². The second kappa shape index (κ2) is 8.81. The smallest absolute Gasteiger partial charge is 0.347 e. The van der Waals surface area contributed by atoms with Crippen LogP contribution in [0, 0.1) is 12.8 Å². The Labute approximate surface area is 207 Å². The van der Waals surface area contributed by atoms with Gasteiger partial charge in [-0.1, -0.05) is 24.6 Å². The zero-order chi connectivity index (χ0) is 25.6. The topological polar surface area (TPSA) is 138 Å². The maximum Gasteiger partial charge on any atom is 0.347 e. The highest BCUT2D eigenvalue weighted by atomic mass is 16.5. The number of allylic oxidation sites excluding steroid dienone is 4. The lowest BCUT2D eigenvalue weighted by Gasteiger charge is -2.32. The number of ether oxygens (including phenoxy) is 1. The minimum atomic E-state index is -1.23. The number of aryl methyl sites for hydroxylation is 1. The molecular weight excluding hydrogens is 464 g/mol. The van der Waals surface area contributed by atoms with E-state index in [-0.39, 0.29) is 24.1 Å². The highest BCUT2D eigenvalue weighted by Gasteiger charge is 2.48. The van der Waals surface area contributed by atoms with Gasteiger partial charge in [-0.15, -0.1) is 0 Å². The Morgan fingerprint density at radius 1 is 1.19 bits per heavy atom. The first-order chi connectivity index (χ1) is 17.2. The van der Waals surface area contributed by atoms with Crippen LogP contribution in [0.15, 0.2) is 40.7 Å². The van der Waals surface area contributed by atoms with Gasteiger partial charge in [-0.2, -0.15) is 5.10 Å².